The van der Waals surface area contributed by atoms with Crippen LogP contribution in [0.5, 0.6) is 0 Å². The molecule has 184 valence electrons. The molecule has 1 aliphatic rings. The molecule has 3 rings (SSSR count). The third-order valence-corrected chi connectivity index (χ3v) is 6.08. The molecule has 0 aliphatic heterocycles. The molecule has 1 amide bonds. The van der Waals surface area contributed by atoms with Crippen molar-refractivity contribution in [1.29, 1.82) is 0 Å². The number of rotatable bonds is 9. The summed E-state index contributed by atoms with van der Waals surface area (Å²) in [6, 6.07) is 3.60. The minimum Gasteiger partial charge on any atom is -0.393 e. The zero-order valence-electron chi connectivity index (χ0n) is 19.1. The number of carbonyl (C=O) groups excluding carboxylic acids is 1. The molecule has 1 saturated carbocycles. The van der Waals surface area contributed by atoms with Crippen LogP contribution < -0.4 is 10.6 Å². The monoisotopic (exact) mass is 478 g/mol. The molecule has 2 aromatic rings. The molecular weight excluding hydrogens is 449 g/mol. The number of amides is 1. The fourth-order valence-electron chi connectivity index (χ4n) is 4.16. The number of hydrogen-bond acceptors (Lipinski definition) is 6. The zero-order chi connectivity index (χ0) is 24.9. The van der Waals surface area contributed by atoms with Gasteiger partial charge < -0.3 is 20.8 Å². The van der Waals surface area contributed by atoms with Crippen molar-refractivity contribution in [2.45, 2.75) is 58.1 Å². The molecule has 0 bridgehead atoms. The third kappa shape index (κ3) is 5.92. The molecule has 0 saturated heterocycles. The second-order valence-corrected chi connectivity index (χ2v) is 8.53. The molecule has 1 aliphatic carbocycles. The van der Waals surface area contributed by atoms with Crippen LogP contribution in [0.1, 0.15) is 55.1 Å². The molecule has 1 heterocycles. The number of halogens is 3. The number of nitrogens with zero attached hydrogens (tertiary/aromatic N) is 2. The number of anilines is 2. The van der Waals surface area contributed by atoms with E-state index >= 15 is 0 Å². The number of carbonyl (C=O) groups is 1. The molecule has 0 atom stereocenters. The van der Waals surface area contributed by atoms with Crippen LogP contribution in [0.3, 0.4) is 0 Å². The zero-order valence-corrected chi connectivity index (χ0v) is 19.1. The van der Waals surface area contributed by atoms with Crippen LogP contribution in [0.25, 0.3) is 6.08 Å². The summed E-state index contributed by atoms with van der Waals surface area (Å²) in [5, 5.41) is 24.2. The Hall–Kier alpha value is -2.98. The quantitative estimate of drug-likeness (QED) is 0.404. The van der Waals surface area contributed by atoms with Gasteiger partial charge in [-0.15, -0.1) is 0 Å². The molecule has 1 aromatic heterocycles. The maximum Gasteiger partial charge on any atom is 0.298 e. The normalized spacial score (nSPS) is 19.1. The van der Waals surface area contributed by atoms with E-state index in [0.29, 0.717) is 36.5 Å². The highest BCUT2D eigenvalue weighted by atomic mass is 19.3. The molecule has 0 radical (unpaired) electrons. The largest absolute Gasteiger partial charge is 0.393 e. The SMILES string of the molecule is C/C(=C\c1c(NC=O)nc(C)nc1NCc1cccc(C(F)(F)CO)c1F)C1CCC(O)CC1. The average molecular weight is 479 g/mol. The Bertz CT molecular complexity index is 1050. The van der Waals surface area contributed by atoms with Crippen molar-refractivity contribution in [3.8, 4) is 0 Å². The highest BCUT2D eigenvalue weighted by Crippen LogP contribution is 2.34. The van der Waals surface area contributed by atoms with E-state index in [1.165, 1.54) is 12.1 Å². The summed E-state index contributed by atoms with van der Waals surface area (Å²) >= 11 is 0. The van der Waals surface area contributed by atoms with Gasteiger partial charge in [0.2, 0.25) is 6.41 Å². The van der Waals surface area contributed by atoms with Crippen LogP contribution in [-0.4, -0.2) is 39.3 Å². The molecule has 7 nitrogen and oxygen atoms in total. The fourth-order valence-corrected chi connectivity index (χ4v) is 4.16. The second-order valence-electron chi connectivity index (χ2n) is 8.53. The van der Waals surface area contributed by atoms with Gasteiger partial charge in [-0.25, -0.2) is 14.4 Å². The van der Waals surface area contributed by atoms with Crippen LogP contribution in [-0.2, 0) is 17.3 Å². The van der Waals surface area contributed by atoms with Gasteiger partial charge in [-0.2, -0.15) is 8.78 Å². The Labute approximate surface area is 196 Å². The summed E-state index contributed by atoms with van der Waals surface area (Å²) in [4.78, 5) is 19.8. The minimum atomic E-state index is -3.70. The Balaban J connectivity index is 1.94. The van der Waals surface area contributed by atoms with Gasteiger partial charge in [-0.05, 0) is 57.6 Å². The molecular formula is C24H29F3N4O3. The lowest BCUT2D eigenvalue weighted by Gasteiger charge is -2.26. The molecule has 1 aromatic carbocycles. The summed E-state index contributed by atoms with van der Waals surface area (Å²) < 4.78 is 42.6. The topological polar surface area (TPSA) is 107 Å². The van der Waals surface area contributed by atoms with Crippen LogP contribution in [0.15, 0.2) is 23.8 Å². The van der Waals surface area contributed by atoms with Gasteiger partial charge in [0.1, 0.15) is 29.9 Å². The van der Waals surface area contributed by atoms with Gasteiger partial charge in [0.25, 0.3) is 5.92 Å². The lowest BCUT2D eigenvalue weighted by Crippen LogP contribution is -2.21. The van der Waals surface area contributed by atoms with Crippen molar-refractivity contribution in [2.75, 3.05) is 17.2 Å². The lowest BCUT2D eigenvalue weighted by atomic mass is 9.82. The Kier molecular flexibility index (Phi) is 8.27. The van der Waals surface area contributed by atoms with Gasteiger partial charge >= 0.3 is 0 Å². The van der Waals surface area contributed by atoms with Crippen molar-refractivity contribution < 1.29 is 28.2 Å². The lowest BCUT2D eigenvalue weighted by molar-refractivity contribution is -0.105. The molecule has 34 heavy (non-hydrogen) atoms. The van der Waals surface area contributed by atoms with E-state index in [9.17, 15) is 23.1 Å². The number of aliphatic hydroxyl groups is 2. The van der Waals surface area contributed by atoms with Crippen LogP contribution >= 0.6 is 0 Å². The maximum absolute atomic E-state index is 14.8. The first-order valence-corrected chi connectivity index (χ1v) is 11.1. The van der Waals surface area contributed by atoms with Gasteiger partial charge in [-0.3, -0.25) is 4.79 Å². The van der Waals surface area contributed by atoms with E-state index in [1.54, 1.807) is 6.92 Å². The summed E-state index contributed by atoms with van der Waals surface area (Å²) in [5.74, 6) is -3.64. The van der Waals surface area contributed by atoms with Crippen LogP contribution in [0.4, 0.5) is 24.8 Å². The maximum atomic E-state index is 14.8. The average Bonchev–Trinajstić information content (AvgIpc) is 2.80. The molecule has 1 fully saturated rings. The van der Waals surface area contributed by atoms with Gasteiger partial charge in [0.05, 0.1) is 17.2 Å². The highest BCUT2D eigenvalue weighted by Gasteiger charge is 2.34. The van der Waals surface area contributed by atoms with Gasteiger partial charge in [0.15, 0.2) is 0 Å². The summed E-state index contributed by atoms with van der Waals surface area (Å²) in [7, 11) is 0. The van der Waals surface area contributed by atoms with Crippen molar-refractivity contribution >= 4 is 24.1 Å². The first-order valence-electron chi connectivity index (χ1n) is 11.1. The number of allylic oxidation sites excluding steroid dienone is 1. The number of aliphatic hydroxyl groups excluding tert-OH is 2. The smallest absolute Gasteiger partial charge is 0.298 e. The van der Waals surface area contributed by atoms with Gasteiger partial charge in [0, 0.05) is 12.1 Å². The summed E-state index contributed by atoms with van der Waals surface area (Å²) in [6.07, 6.45) is 5.12. The van der Waals surface area contributed by atoms with E-state index in [2.05, 4.69) is 20.6 Å². The summed E-state index contributed by atoms with van der Waals surface area (Å²) in [5.41, 5.74) is 0.595. The third-order valence-electron chi connectivity index (χ3n) is 6.08. The molecule has 0 spiro atoms. The molecule has 4 N–H and O–H groups in total. The van der Waals surface area contributed by atoms with E-state index in [-0.39, 0.29) is 29.9 Å². The molecule has 10 heteroatoms. The standard InChI is InChI=1S/C24H29F3N4O3/c1-14(16-6-8-18(34)9-7-16)10-19-22(30-15(2)31-23(19)29-13-33)28-11-17-4-3-5-20(21(17)25)24(26,27)12-32/h3-5,10,13,16,18,32,34H,6-9,11-12H2,1-2H3,(H2,28,29,30,31,33)/b14-10+. The fraction of sp³-hybridized carbons (Fsp3) is 0.458. The van der Waals surface area contributed by atoms with Crippen LogP contribution in [0.2, 0.25) is 0 Å². The highest BCUT2D eigenvalue weighted by molar-refractivity contribution is 5.81. The van der Waals surface area contributed by atoms with E-state index in [4.69, 9.17) is 5.11 Å². The Morgan fingerprint density at radius 3 is 2.53 bits per heavy atom. The summed E-state index contributed by atoms with van der Waals surface area (Å²) in [6.45, 7) is 1.93. The Morgan fingerprint density at radius 2 is 1.88 bits per heavy atom. The number of hydrogen-bond donors (Lipinski definition) is 4. The molecule has 0 unspecified atom stereocenters. The Morgan fingerprint density at radius 1 is 1.21 bits per heavy atom. The first kappa shape index (κ1) is 25.6. The first-order chi connectivity index (χ1) is 16.2. The number of aryl methyl sites for hydroxylation is 1. The van der Waals surface area contributed by atoms with Gasteiger partial charge in [-0.1, -0.05) is 17.7 Å². The minimum absolute atomic E-state index is 0.0280. The van der Waals surface area contributed by atoms with Crippen molar-refractivity contribution in [1.82, 2.24) is 9.97 Å². The predicted octanol–water partition coefficient (Wildman–Crippen LogP) is 4.14. The number of alkyl halides is 2. The predicted molar refractivity (Wildman–Crippen MR) is 123 cm³/mol. The van der Waals surface area contributed by atoms with E-state index in [0.717, 1.165) is 24.5 Å². The van der Waals surface area contributed by atoms with E-state index < -0.39 is 23.9 Å². The number of aromatic nitrogens is 2. The van der Waals surface area contributed by atoms with Crippen molar-refractivity contribution in [2.24, 2.45) is 5.92 Å². The van der Waals surface area contributed by atoms with Crippen molar-refractivity contribution in [3.05, 3.63) is 52.1 Å². The van der Waals surface area contributed by atoms with E-state index in [1.807, 2.05) is 13.0 Å². The second kappa shape index (κ2) is 11.0. The van der Waals surface area contributed by atoms with Crippen molar-refractivity contribution in [3.63, 3.8) is 0 Å². The van der Waals surface area contributed by atoms with Crippen LogP contribution in [0, 0.1) is 18.7 Å². The number of benzene rings is 1. The number of nitrogens with one attached hydrogen (secondary N) is 2.